The zero-order valence-corrected chi connectivity index (χ0v) is 12.3. The van der Waals surface area contributed by atoms with E-state index in [0.717, 1.165) is 10.8 Å². The molecule has 0 bridgehead atoms. The Balaban J connectivity index is 2.26. The molecule has 0 saturated carbocycles. The molecule has 6 heteroatoms. The standard InChI is InChI=1S/C16H16O6/c1-19-15(17)9-21-12-7-11-5-3-4-6-13(11)14(8-12)22-10-16(18)20-2/h3-8H,9-10H2,1-2H3. The van der Waals surface area contributed by atoms with Crippen LogP contribution in [-0.4, -0.2) is 39.4 Å². The SMILES string of the molecule is COC(=O)COc1cc(OCC(=O)OC)c2ccccc2c1. The summed E-state index contributed by atoms with van der Waals surface area (Å²) in [6.45, 7) is -0.410. The predicted octanol–water partition coefficient (Wildman–Crippen LogP) is 1.94. The molecule has 0 saturated heterocycles. The number of fused-ring (bicyclic) bond motifs is 1. The van der Waals surface area contributed by atoms with E-state index in [1.807, 2.05) is 24.3 Å². The van der Waals surface area contributed by atoms with E-state index in [1.165, 1.54) is 14.2 Å². The van der Waals surface area contributed by atoms with Gasteiger partial charge in [0.05, 0.1) is 14.2 Å². The summed E-state index contributed by atoms with van der Waals surface area (Å²) in [5, 5.41) is 1.70. The Kier molecular flexibility index (Phi) is 5.19. The van der Waals surface area contributed by atoms with Crippen molar-refractivity contribution in [2.24, 2.45) is 0 Å². The van der Waals surface area contributed by atoms with Crippen LogP contribution in [0.5, 0.6) is 11.5 Å². The first-order valence-electron chi connectivity index (χ1n) is 6.56. The Morgan fingerprint density at radius 1 is 0.909 bits per heavy atom. The van der Waals surface area contributed by atoms with Gasteiger partial charge in [-0.1, -0.05) is 24.3 Å². The van der Waals surface area contributed by atoms with Crippen molar-refractivity contribution in [2.75, 3.05) is 27.4 Å². The highest BCUT2D eigenvalue weighted by Crippen LogP contribution is 2.31. The maximum atomic E-state index is 11.2. The van der Waals surface area contributed by atoms with Crippen molar-refractivity contribution in [1.29, 1.82) is 0 Å². The number of hydrogen-bond donors (Lipinski definition) is 0. The smallest absolute Gasteiger partial charge is 0.343 e. The van der Waals surface area contributed by atoms with Gasteiger partial charge in [-0.2, -0.15) is 0 Å². The molecule has 0 aromatic heterocycles. The molecule has 0 amide bonds. The molecule has 0 heterocycles. The number of benzene rings is 2. The molecule has 0 aliphatic heterocycles. The van der Waals surface area contributed by atoms with Gasteiger partial charge in [0, 0.05) is 11.5 Å². The first-order chi connectivity index (χ1) is 10.6. The lowest BCUT2D eigenvalue weighted by Crippen LogP contribution is -2.14. The van der Waals surface area contributed by atoms with Crippen LogP contribution in [0, 0.1) is 0 Å². The minimum absolute atomic E-state index is 0.203. The number of methoxy groups -OCH3 is 2. The predicted molar refractivity (Wildman–Crippen MR) is 79.0 cm³/mol. The van der Waals surface area contributed by atoms with Crippen molar-refractivity contribution in [3.63, 3.8) is 0 Å². The number of ether oxygens (including phenoxy) is 4. The molecule has 0 aliphatic carbocycles. The Hall–Kier alpha value is -2.76. The van der Waals surface area contributed by atoms with Gasteiger partial charge in [0.1, 0.15) is 11.5 Å². The van der Waals surface area contributed by atoms with Crippen molar-refractivity contribution in [3.05, 3.63) is 36.4 Å². The minimum atomic E-state index is -0.482. The van der Waals surface area contributed by atoms with Crippen LogP contribution in [0.25, 0.3) is 10.8 Å². The fourth-order valence-corrected chi connectivity index (χ4v) is 1.85. The number of rotatable bonds is 6. The number of carbonyl (C=O) groups excluding carboxylic acids is 2. The summed E-state index contributed by atoms with van der Waals surface area (Å²) in [4.78, 5) is 22.4. The van der Waals surface area contributed by atoms with Gasteiger partial charge in [-0.05, 0) is 11.5 Å². The summed E-state index contributed by atoms with van der Waals surface area (Å²) in [7, 11) is 2.58. The quantitative estimate of drug-likeness (QED) is 0.760. The molecule has 0 atom stereocenters. The zero-order valence-electron chi connectivity index (χ0n) is 12.3. The van der Waals surface area contributed by atoms with Crippen LogP contribution in [0.15, 0.2) is 36.4 Å². The van der Waals surface area contributed by atoms with Crippen LogP contribution in [-0.2, 0) is 19.1 Å². The largest absolute Gasteiger partial charge is 0.482 e. The monoisotopic (exact) mass is 304 g/mol. The van der Waals surface area contributed by atoms with E-state index < -0.39 is 11.9 Å². The molecular weight excluding hydrogens is 288 g/mol. The summed E-state index contributed by atoms with van der Waals surface area (Å²) in [5.41, 5.74) is 0. The summed E-state index contributed by atoms with van der Waals surface area (Å²) in [6, 6.07) is 10.9. The summed E-state index contributed by atoms with van der Waals surface area (Å²) in [5.74, 6) is -0.0394. The molecule has 0 radical (unpaired) electrons. The van der Waals surface area contributed by atoms with E-state index in [0.29, 0.717) is 11.5 Å². The van der Waals surface area contributed by atoms with E-state index in [2.05, 4.69) is 9.47 Å². The third-order valence-electron chi connectivity index (χ3n) is 2.95. The van der Waals surface area contributed by atoms with Crippen molar-refractivity contribution in [1.82, 2.24) is 0 Å². The summed E-state index contributed by atoms with van der Waals surface area (Å²) < 4.78 is 19.9. The molecular formula is C16H16O6. The molecule has 6 nitrogen and oxygen atoms in total. The van der Waals surface area contributed by atoms with E-state index in [9.17, 15) is 9.59 Å². The molecule has 0 spiro atoms. The van der Waals surface area contributed by atoms with Crippen molar-refractivity contribution >= 4 is 22.7 Å². The van der Waals surface area contributed by atoms with Crippen molar-refractivity contribution in [2.45, 2.75) is 0 Å². The molecule has 0 unspecified atom stereocenters. The molecule has 2 aromatic carbocycles. The van der Waals surface area contributed by atoms with Crippen LogP contribution in [0.2, 0.25) is 0 Å². The minimum Gasteiger partial charge on any atom is -0.482 e. The molecule has 0 aliphatic rings. The summed E-state index contributed by atoms with van der Waals surface area (Å²) in [6.07, 6.45) is 0. The fraction of sp³-hybridized carbons (Fsp3) is 0.250. The van der Waals surface area contributed by atoms with Gasteiger partial charge < -0.3 is 18.9 Å². The average Bonchev–Trinajstić information content (AvgIpc) is 2.56. The molecule has 2 rings (SSSR count). The second-order valence-electron chi connectivity index (χ2n) is 4.37. The topological polar surface area (TPSA) is 71.1 Å². The number of esters is 2. The van der Waals surface area contributed by atoms with Crippen LogP contribution in [0.3, 0.4) is 0 Å². The van der Waals surface area contributed by atoms with Gasteiger partial charge in [-0.25, -0.2) is 9.59 Å². The van der Waals surface area contributed by atoms with E-state index in [4.69, 9.17) is 9.47 Å². The summed E-state index contributed by atoms with van der Waals surface area (Å²) >= 11 is 0. The highest BCUT2D eigenvalue weighted by molar-refractivity contribution is 5.90. The fourth-order valence-electron chi connectivity index (χ4n) is 1.85. The average molecular weight is 304 g/mol. The van der Waals surface area contributed by atoms with Gasteiger partial charge in [0.2, 0.25) is 0 Å². The lowest BCUT2D eigenvalue weighted by atomic mass is 10.1. The molecule has 116 valence electrons. The highest BCUT2D eigenvalue weighted by Gasteiger charge is 2.10. The normalized spacial score (nSPS) is 10.1. The van der Waals surface area contributed by atoms with Gasteiger partial charge >= 0.3 is 11.9 Å². The molecule has 0 fully saturated rings. The van der Waals surface area contributed by atoms with Gasteiger partial charge in [-0.15, -0.1) is 0 Å². The Bertz CT molecular complexity index is 679. The van der Waals surface area contributed by atoms with Gasteiger partial charge in [-0.3, -0.25) is 0 Å². The van der Waals surface area contributed by atoms with Gasteiger partial charge in [0.15, 0.2) is 13.2 Å². The first kappa shape index (κ1) is 15.6. The lowest BCUT2D eigenvalue weighted by Gasteiger charge is -2.12. The van der Waals surface area contributed by atoms with Crippen LogP contribution < -0.4 is 9.47 Å². The van der Waals surface area contributed by atoms with Crippen LogP contribution in [0.1, 0.15) is 0 Å². The molecule has 2 aromatic rings. The zero-order chi connectivity index (χ0) is 15.9. The highest BCUT2D eigenvalue weighted by atomic mass is 16.6. The van der Waals surface area contributed by atoms with Crippen molar-refractivity contribution in [3.8, 4) is 11.5 Å². The first-order valence-corrected chi connectivity index (χ1v) is 6.56. The maximum Gasteiger partial charge on any atom is 0.343 e. The van der Waals surface area contributed by atoms with Crippen LogP contribution >= 0.6 is 0 Å². The third-order valence-corrected chi connectivity index (χ3v) is 2.95. The lowest BCUT2D eigenvalue weighted by molar-refractivity contribution is -0.143. The Labute approximate surface area is 127 Å². The maximum absolute atomic E-state index is 11.2. The van der Waals surface area contributed by atoms with E-state index in [-0.39, 0.29) is 13.2 Å². The Morgan fingerprint density at radius 2 is 1.55 bits per heavy atom. The van der Waals surface area contributed by atoms with Crippen molar-refractivity contribution < 1.29 is 28.5 Å². The molecule has 0 N–H and O–H groups in total. The van der Waals surface area contributed by atoms with Gasteiger partial charge in [0.25, 0.3) is 0 Å². The third kappa shape index (κ3) is 3.88. The second-order valence-corrected chi connectivity index (χ2v) is 4.37. The van der Waals surface area contributed by atoms with Crippen LogP contribution in [0.4, 0.5) is 0 Å². The Morgan fingerprint density at radius 3 is 2.23 bits per heavy atom. The number of carbonyl (C=O) groups is 2. The second kappa shape index (κ2) is 7.31. The molecule has 22 heavy (non-hydrogen) atoms. The van der Waals surface area contributed by atoms with E-state index >= 15 is 0 Å². The van der Waals surface area contributed by atoms with E-state index in [1.54, 1.807) is 12.1 Å². The number of hydrogen-bond acceptors (Lipinski definition) is 6.